The Bertz CT molecular complexity index is 649. The minimum absolute atomic E-state index is 0.802. The Labute approximate surface area is 169 Å². The van der Waals surface area contributed by atoms with Gasteiger partial charge in [0.1, 0.15) is 0 Å². The monoisotopic (exact) mass is 652 g/mol. The molecule has 0 aliphatic rings. The lowest BCUT2D eigenvalue weighted by atomic mass is 9.94. The van der Waals surface area contributed by atoms with E-state index in [4.69, 9.17) is 0 Å². The van der Waals surface area contributed by atoms with E-state index in [-0.39, 0.29) is 0 Å². The van der Waals surface area contributed by atoms with E-state index in [1.807, 2.05) is 0 Å². The van der Waals surface area contributed by atoms with Crippen LogP contribution in [0.15, 0.2) is 17.9 Å². The first-order valence-corrected chi connectivity index (χ1v) is 11.2. The molecule has 20 heavy (non-hydrogen) atoms. The number of halogens is 6. The summed E-state index contributed by atoms with van der Waals surface area (Å²) in [6.45, 7) is 4.31. The third kappa shape index (κ3) is 2.75. The fraction of sp³-hybridized carbons (Fsp3) is 0.286. The van der Waals surface area contributed by atoms with Gasteiger partial charge in [-0.25, -0.2) is 0 Å². The molecule has 0 aromatic heterocycles. The van der Waals surface area contributed by atoms with Crippen molar-refractivity contribution in [1.82, 2.24) is 0 Å². The Balaban J connectivity index is 3.21. The zero-order valence-electron chi connectivity index (χ0n) is 10.7. The zero-order valence-corrected chi connectivity index (χ0v) is 20.2. The summed E-state index contributed by atoms with van der Waals surface area (Å²) in [4.78, 5) is 0. The minimum Gasteiger partial charge on any atom is -0.0876 e. The Morgan fingerprint density at radius 2 is 0.950 bits per heavy atom. The molecule has 2 aromatic carbocycles. The molecule has 0 bridgehead atoms. The second-order valence-electron chi connectivity index (χ2n) is 4.48. The summed E-state index contributed by atoms with van der Waals surface area (Å²) in [6.07, 6.45) is 0. The molecule has 0 saturated carbocycles. The molecule has 0 spiro atoms. The SMILES string of the molecule is Cc1c(Br)c(Br)c(CBr)c2c(CBr)c(Br)c(Br)c(C)c12. The van der Waals surface area contributed by atoms with Crippen molar-refractivity contribution in [2.75, 3.05) is 0 Å². The van der Waals surface area contributed by atoms with Gasteiger partial charge in [0.2, 0.25) is 0 Å². The van der Waals surface area contributed by atoms with Crippen molar-refractivity contribution in [3.05, 3.63) is 40.1 Å². The number of rotatable bonds is 2. The van der Waals surface area contributed by atoms with Gasteiger partial charge < -0.3 is 0 Å². The highest BCUT2D eigenvalue weighted by molar-refractivity contribution is 9.13. The number of hydrogen-bond acceptors (Lipinski definition) is 0. The Morgan fingerprint density at radius 1 is 0.600 bits per heavy atom. The van der Waals surface area contributed by atoms with Crippen LogP contribution in [0.25, 0.3) is 10.8 Å². The summed E-state index contributed by atoms with van der Waals surface area (Å²) >= 11 is 22.1. The maximum Gasteiger partial charge on any atom is 0.0367 e. The normalized spacial score (nSPS) is 11.4. The van der Waals surface area contributed by atoms with Crippen LogP contribution in [0.3, 0.4) is 0 Å². The molecule has 0 aliphatic heterocycles. The van der Waals surface area contributed by atoms with Crippen molar-refractivity contribution in [3.63, 3.8) is 0 Å². The van der Waals surface area contributed by atoms with Crippen molar-refractivity contribution >= 4 is 106 Å². The maximum atomic E-state index is 3.72. The molecule has 6 heteroatoms. The van der Waals surface area contributed by atoms with Gasteiger partial charge in [0.05, 0.1) is 0 Å². The van der Waals surface area contributed by atoms with E-state index in [0.29, 0.717) is 0 Å². The molecule has 108 valence electrons. The first kappa shape index (κ1) is 17.9. The van der Waals surface area contributed by atoms with Gasteiger partial charge in [-0.05, 0) is 111 Å². The smallest absolute Gasteiger partial charge is 0.0367 e. The van der Waals surface area contributed by atoms with Gasteiger partial charge in [0.25, 0.3) is 0 Å². The van der Waals surface area contributed by atoms with Crippen LogP contribution in [0.4, 0.5) is 0 Å². The van der Waals surface area contributed by atoms with Gasteiger partial charge in [-0.15, -0.1) is 0 Å². The van der Waals surface area contributed by atoms with E-state index in [0.717, 1.165) is 28.6 Å². The van der Waals surface area contributed by atoms with Crippen molar-refractivity contribution in [2.24, 2.45) is 0 Å². The molecular weight excluding hydrogens is 648 g/mol. The quantitative estimate of drug-likeness (QED) is 0.285. The van der Waals surface area contributed by atoms with Gasteiger partial charge >= 0.3 is 0 Å². The van der Waals surface area contributed by atoms with Crippen LogP contribution in [-0.4, -0.2) is 0 Å². The zero-order chi connectivity index (χ0) is 15.2. The lowest BCUT2D eigenvalue weighted by molar-refractivity contribution is 1.30. The summed E-state index contributed by atoms with van der Waals surface area (Å²) in [5, 5.41) is 4.21. The molecule has 0 saturated heterocycles. The molecule has 0 N–H and O–H groups in total. The summed E-state index contributed by atoms with van der Waals surface area (Å²) in [5.74, 6) is 0. The Hall–Kier alpha value is 1.58. The summed E-state index contributed by atoms with van der Waals surface area (Å²) in [5.41, 5.74) is 5.04. The second kappa shape index (κ2) is 7.00. The highest BCUT2D eigenvalue weighted by atomic mass is 79.9. The van der Waals surface area contributed by atoms with Gasteiger partial charge in [-0.2, -0.15) is 0 Å². The topological polar surface area (TPSA) is 0 Å². The summed E-state index contributed by atoms with van der Waals surface area (Å²) in [6, 6.07) is 0. The van der Waals surface area contributed by atoms with Crippen LogP contribution >= 0.6 is 95.6 Å². The molecule has 0 unspecified atom stereocenters. The predicted molar refractivity (Wildman–Crippen MR) is 109 cm³/mol. The Morgan fingerprint density at radius 3 is 1.25 bits per heavy atom. The maximum absolute atomic E-state index is 3.72. The highest BCUT2D eigenvalue weighted by Gasteiger charge is 2.21. The Kier molecular flexibility index (Phi) is 6.27. The molecule has 0 amide bonds. The molecular formula is C14H10Br6. The van der Waals surface area contributed by atoms with Crippen molar-refractivity contribution < 1.29 is 0 Å². The number of benzene rings is 2. The van der Waals surface area contributed by atoms with Crippen molar-refractivity contribution in [1.29, 1.82) is 0 Å². The number of fused-ring (bicyclic) bond motifs is 1. The van der Waals surface area contributed by atoms with Gasteiger partial charge in [0.15, 0.2) is 0 Å². The van der Waals surface area contributed by atoms with Gasteiger partial charge in [-0.3, -0.25) is 0 Å². The van der Waals surface area contributed by atoms with Crippen molar-refractivity contribution in [2.45, 2.75) is 24.5 Å². The molecule has 2 rings (SSSR count). The molecule has 0 aliphatic carbocycles. The first-order valence-electron chi connectivity index (χ1n) is 5.75. The van der Waals surface area contributed by atoms with Crippen LogP contribution in [0, 0.1) is 13.8 Å². The number of hydrogen-bond donors (Lipinski definition) is 0. The molecule has 0 atom stereocenters. The summed E-state index contributed by atoms with van der Waals surface area (Å²) in [7, 11) is 0. The van der Waals surface area contributed by atoms with Crippen LogP contribution in [0.1, 0.15) is 22.3 Å². The van der Waals surface area contributed by atoms with E-state index in [9.17, 15) is 0 Å². The predicted octanol–water partition coefficient (Wildman–Crippen LogP) is 8.30. The second-order valence-corrected chi connectivity index (χ2v) is 8.77. The third-order valence-electron chi connectivity index (χ3n) is 3.44. The van der Waals surface area contributed by atoms with E-state index < -0.39 is 0 Å². The molecule has 0 heterocycles. The molecule has 0 radical (unpaired) electrons. The third-order valence-corrected chi connectivity index (χ3v) is 9.36. The average molecular weight is 658 g/mol. The first-order chi connectivity index (χ1) is 9.36. The molecule has 0 fully saturated rings. The molecule has 0 nitrogen and oxygen atoms in total. The van der Waals surface area contributed by atoms with E-state index in [2.05, 4.69) is 109 Å². The van der Waals surface area contributed by atoms with Crippen LogP contribution in [0.2, 0.25) is 0 Å². The highest BCUT2D eigenvalue weighted by Crippen LogP contribution is 2.46. The lowest BCUT2D eigenvalue weighted by Gasteiger charge is -2.20. The molecule has 2 aromatic rings. The number of aryl methyl sites for hydroxylation is 2. The van der Waals surface area contributed by atoms with Gasteiger partial charge in [-0.1, -0.05) is 31.9 Å². The lowest BCUT2D eigenvalue weighted by Crippen LogP contribution is -1.99. The summed E-state index contributed by atoms with van der Waals surface area (Å²) < 4.78 is 4.49. The van der Waals surface area contributed by atoms with E-state index in [1.165, 1.54) is 33.0 Å². The minimum atomic E-state index is 0.802. The van der Waals surface area contributed by atoms with E-state index >= 15 is 0 Å². The van der Waals surface area contributed by atoms with Crippen LogP contribution in [-0.2, 0) is 10.7 Å². The number of alkyl halides is 2. The average Bonchev–Trinajstić information content (AvgIpc) is 2.43. The van der Waals surface area contributed by atoms with Crippen molar-refractivity contribution in [3.8, 4) is 0 Å². The fourth-order valence-corrected chi connectivity index (χ4v) is 6.44. The van der Waals surface area contributed by atoms with E-state index in [1.54, 1.807) is 0 Å². The standard InChI is InChI=1S/C14H10Br6/c1-5-9-6(2)12(18)14(20)8(4-16)10(9)7(3-15)13(19)11(5)17/h3-4H2,1-2H3. The van der Waals surface area contributed by atoms with Gasteiger partial charge in [0, 0.05) is 28.6 Å². The van der Waals surface area contributed by atoms with Crippen LogP contribution in [0.5, 0.6) is 0 Å². The fourth-order valence-electron chi connectivity index (χ4n) is 2.42. The van der Waals surface area contributed by atoms with Crippen LogP contribution < -0.4 is 0 Å². The largest absolute Gasteiger partial charge is 0.0876 e.